The number of rotatable bonds is 2. The van der Waals surface area contributed by atoms with Gasteiger partial charge in [-0.05, 0) is 44.4 Å². The monoisotopic (exact) mass is 318 g/mol. The Kier molecular flexibility index (Phi) is 4.03. The highest BCUT2D eigenvalue weighted by Crippen LogP contribution is 2.31. The number of piperidine rings is 1. The molecule has 1 aliphatic rings. The number of sulfonamides is 1. The number of halogens is 1. The third kappa shape index (κ3) is 2.93. The van der Waals surface area contributed by atoms with Crippen LogP contribution in [-0.4, -0.2) is 36.5 Å². The van der Waals surface area contributed by atoms with Gasteiger partial charge in [-0.2, -0.15) is 4.31 Å². The number of nitrogen functional groups attached to an aromatic ring is 1. The molecule has 7 heteroatoms. The van der Waals surface area contributed by atoms with Crippen molar-refractivity contribution < 1.29 is 13.5 Å². The van der Waals surface area contributed by atoms with Crippen molar-refractivity contribution in [2.45, 2.75) is 37.2 Å². The van der Waals surface area contributed by atoms with E-state index >= 15 is 0 Å². The smallest absolute Gasteiger partial charge is 0.243 e. The molecule has 1 aromatic carbocycles. The predicted molar refractivity (Wildman–Crippen MR) is 79.2 cm³/mol. The van der Waals surface area contributed by atoms with Crippen molar-refractivity contribution >= 4 is 27.3 Å². The molecule has 1 aromatic rings. The van der Waals surface area contributed by atoms with Crippen LogP contribution in [0.1, 0.15) is 25.3 Å². The molecule has 1 saturated heterocycles. The number of benzene rings is 1. The van der Waals surface area contributed by atoms with E-state index in [0.717, 1.165) is 0 Å². The summed E-state index contributed by atoms with van der Waals surface area (Å²) in [5, 5.41) is 10.4. The first-order valence-electron chi connectivity index (χ1n) is 6.42. The quantitative estimate of drug-likeness (QED) is 0.814. The molecule has 1 unspecified atom stereocenters. The Balaban J connectivity index is 2.43. The minimum atomic E-state index is -3.67. The molecule has 0 saturated carbocycles. The zero-order valence-electron chi connectivity index (χ0n) is 11.6. The number of nitrogens with two attached hydrogens (primary N) is 1. The van der Waals surface area contributed by atoms with Crippen molar-refractivity contribution in [2.24, 2.45) is 0 Å². The molecule has 112 valence electrons. The average Bonchev–Trinajstić information content (AvgIpc) is 2.32. The number of aliphatic hydroxyl groups is 1. The number of nitrogens with zero attached hydrogens (tertiary/aromatic N) is 1. The van der Waals surface area contributed by atoms with Crippen molar-refractivity contribution in [3.63, 3.8) is 0 Å². The maximum Gasteiger partial charge on any atom is 0.243 e. The maximum atomic E-state index is 12.7. The summed E-state index contributed by atoms with van der Waals surface area (Å²) in [6.45, 7) is 3.83. The summed E-state index contributed by atoms with van der Waals surface area (Å²) in [5.41, 5.74) is 5.50. The molecular formula is C13H19ClN2O3S. The highest BCUT2D eigenvalue weighted by molar-refractivity contribution is 7.89. The van der Waals surface area contributed by atoms with Gasteiger partial charge in [0.05, 0.1) is 21.2 Å². The van der Waals surface area contributed by atoms with E-state index < -0.39 is 15.6 Å². The summed E-state index contributed by atoms with van der Waals surface area (Å²) in [6, 6.07) is 2.93. The fourth-order valence-electron chi connectivity index (χ4n) is 2.46. The lowest BCUT2D eigenvalue weighted by atomic mass is 9.97. The molecule has 0 aliphatic carbocycles. The molecule has 0 spiro atoms. The van der Waals surface area contributed by atoms with Crippen LogP contribution < -0.4 is 5.73 Å². The highest BCUT2D eigenvalue weighted by Gasteiger charge is 2.36. The van der Waals surface area contributed by atoms with Gasteiger partial charge in [-0.3, -0.25) is 0 Å². The Labute approximate surface area is 124 Å². The second-order valence-electron chi connectivity index (χ2n) is 5.58. The molecule has 1 atom stereocenters. The van der Waals surface area contributed by atoms with E-state index in [1.807, 2.05) is 0 Å². The normalized spacial score (nSPS) is 24.8. The molecule has 0 aromatic heterocycles. The second-order valence-corrected chi connectivity index (χ2v) is 7.89. The van der Waals surface area contributed by atoms with Crippen molar-refractivity contribution in [1.29, 1.82) is 0 Å². The van der Waals surface area contributed by atoms with Crippen LogP contribution >= 0.6 is 11.6 Å². The van der Waals surface area contributed by atoms with Crippen molar-refractivity contribution in [3.8, 4) is 0 Å². The van der Waals surface area contributed by atoms with Crippen LogP contribution in [-0.2, 0) is 10.0 Å². The van der Waals surface area contributed by atoms with Crippen LogP contribution in [0.4, 0.5) is 5.69 Å². The van der Waals surface area contributed by atoms with Gasteiger partial charge in [0.1, 0.15) is 0 Å². The van der Waals surface area contributed by atoms with Crippen LogP contribution in [0.15, 0.2) is 17.0 Å². The van der Waals surface area contributed by atoms with Crippen LogP contribution in [0.3, 0.4) is 0 Å². The van der Waals surface area contributed by atoms with Gasteiger partial charge in [0, 0.05) is 13.1 Å². The standard InChI is InChI=1S/C13H19ClN2O3S/c1-9-6-10(14)11(15)7-12(9)20(18,19)16-5-3-4-13(2,17)8-16/h6-7,17H,3-5,8,15H2,1-2H3. The Morgan fingerprint density at radius 2 is 2.10 bits per heavy atom. The molecular weight excluding hydrogens is 300 g/mol. The van der Waals surface area contributed by atoms with E-state index in [9.17, 15) is 13.5 Å². The van der Waals surface area contributed by atoms with E-state index in [1.165, 1.54) is 10.4 Å². The minimum Gasteiger partial charge on any atom is -0.397 e. The van der Waals surface area contributed by atoms with Gasteiger partial charge in [-0.15, -0.1) is 0 Å². The third-order valence-electron chi connectivity index (χ3n) is 3.55. The fraction of sp³-hybridized carbons (Fsp3) is 0.538. The third-order valence-corrected chi connectivity index (χ3v) is 5.87. The molecule has 20 heavy (non-hydrogen) atoms. The predicted octanol–water partition coefficient (Wildman–Crippen LogP) is 1.77. The highest BCUT2D eigenvalue weighted by atomic mass is 35.5. The molecule has 1 fully saturated rings. The van der Waals surface area contributed by atoms with E-state index in [4.69, 9.17) is 17.3 Å². The molecule has 1 heterocycles. The van der Waals surface area contributed by atoms with E-state index in [2.05, 4.69) is 0 Å². The van der Waals surface area contributed by atoms with Crippen LogP contribution in [0.5, 0.6) is 0 Å². The van der Waals surface area contributed by atoms with E-state index in [1.54, 1.807) is 19.9 Å². The number of hydrogen-bond acceptors (Lipinski definition) is 4. The maximum absolute atomic E-state index is 12.7. The number of aryl methyl sites for hydroxylation is 1. The second kappa shape index (κ2) is 5.18. The summed E-state index contributed by atoms with van der Waals surface area (Å²) in [4.78, 5) is 0.150. The van der Waals surface area contributed by atoms with Gasteiger partial charge in [0.15, 0.2) is 0 Å². The Hall–Kier alpha value is -0.820. The lowest BCUT2D eigenvalue weighted by Crippen LogP contribution is -2.48. The Morgan fingerprint density at radius 1 is 1.45 bits per heavy atom. The summed E-state index contributed by atoms with van der Waals surface area (Å²) in [5.74, 6) is 0. The van der Waals surface area contributed by atoms with Crippen LogP contribution in [0, 0.1) is 6.92 Å². The Morgan fingerprint density at radius 3 is 2.70 bits per heavy atom. The van der Waals surface area contributed by atoms with Gasteiger partial charge < -0.3 is 10.8 Å². The summed E-state index contributed by atoms with van der Waals surface area (Å²) >= 11 is 5.89. The van der Waals surface area contributed by atoms with Gasteiger partial charge in [-0.1, -0.05) is 11.6 Å². The zero-order valence-corrected chi connectivity index (χ0v) is 13.1. The van der Waals surface area contributed by atoms with Crippen molar-refractivity contribution in [1.82, 2.24) is 4.31 Å². The van der Waals surface area contributed by atoms with Crippen LogP contribution in [0.25, 0.3) is 0 Å². The van der Waals surface area contributed by atoms with Gasteiger partial charge in [0.25, 0.3) is 0 Å². The number of anilines is 1. The van der Waals surface area contributed by atoms with E-state index in [0.29, 0.717) is 30.0 Å². The lowest BCUT2D eigenvalue weighted by Gasteiger charge is -2.36. The topological polar surface area (TPSA) is 83.6 Å². The average molecular weight is 319 g/mol. The molecule has 0 bridgehead atoms. The SMILES string of the molecule is Cc1cc(Cl)c(N)cc1S(=O)(=O)N1CCCC(C)(O)C1. The first-order valence-corrected chi connectivity index (χ1v) is 8.23. The molecule has 5 nitrogen and oxygen atoms in total. The zero-order chi connectivity index (χ0) is 15.1. The Bertz CT molecular complexity index is 629. The first kappa shape index (κ1) is 15.6. The molecule has 2 rings (SSSR count). The largest absolute Gasteiger partial charge is 0.397 e. The number of β-amino-alcohol motifs (C(OH)–C–C–N with tert-alkyl or cyclic N) is 1. The minimum absolute atomic E-state index is 0.0945. The summed E-state index contributed by atoms with van der Waals surface area (Å²) in [6.07, 6.45) is 1.23. The lowest BCUT2D eigenvalue weighted by molar-refractivity contribution is 0.00939. The number of hydrogen-bond donors (Lipinski definition) is 2. The molecule has 0 radical (unpaired) electrons. The van der Waals surface area contributed by atoms with Crippen molar-refractivity contribution in [3.05, 3.63) is 22.7 Å². The van der Waals surface area contributed by atoms with E-state index in [-0.39, 0.29) is 17.1 Å². The first-order chi connectivity index (χ1) is 9.13. The van der Waals surface area contributed by atoms with Crippen molar-refractivity contribution in [2.75, 3.05) is 18.8 Å². The fourth-order valence-corrected chi connectivity index (χ4v) is 4.52. The molecule has 0 amide bonds. The van der Waals surface area contributed by atoms with Gasteiger partial charge in [0.2, 0.25) is 10.0 Å². The van der Waals surface area contributed by atoms with Gasteiger partial charge in [-0.25, -0.2) is 8.42 Å². The van der Waals surface area contributed by atoms with Gasteiger partial charge >= 0.3 is 0 Å². The summed E-state index contributed by atoms with van der Waals surface area (Å²) in [7, 11) is -3.67. The van der Waals surface area contributed by atoms with Crippen LogP contribution in [0.2, 0.25) is 5.02 Å². The molecule has 3 N–H and O–H groups in total. The summed E-state index contributed by atoms with van der Waals surface area (Å²) < 4.78 is 26.7. The molecule has 1 aliphatic heterocycles.